The van der Waals surface area contributed by atoms with Crippen LogP contribution in [0.2, 0.25) is 5.02 Å². The topological polar surface area (TPSA) is 56.0 Å². The number of fused-ring (bicyclic) bond motifs is 1. The first-order valence-electron chi connectivity index (χ1n) is 8.24. The summed E-state index contributed by atoms with van der Waals surface area (Å²) in [4.78, 5) is 18.8. The lowest BCUT2D eigenvalue weighted by Crippen LogP contribution is -2.03. The van der Waals surface area contributed by atoms with Crippen LogP contribution in [-0.4, -0.2) is 10.8 Å². The fourth-order valence-corrected chi connectivity index (χ4v) is 4.28. The molecular weight excluding hydrogens is 444 g/mol. The molecule has 0 saturated carbocycles. The maximum absolute atomic E-state index is 12.8. The van der Waals surface area contributed by atoms with Crippen LogP contribution < -0.4 is 5.73 Å². The number of halogens is 2. The summed E-state index contributed by atoms with van der Waals surface area (Å²) >= 11 is 10.7. The number of nitrogens with zero attached hydrogens (tertiary/aromatic N) is 1. The molecule has 0 fully saturated rings. The van der Waals surface area contributed by atoms with Gasteiger partial charge < -0.3 is 5.73 Å². The van der Waals surface area contributed by atoms with Crippen LogP contribution in [0.3, 0.4) is 0 Å². The monoisotopic (exact) mass is 456 g/mol. The van der Waals surface area contributed by atoms with Gasteiger partial charge >= 0.3 is 0 Å². The number of rotatable bonds is 4. The highest BCUT2D eigenvalue weighted by Crippen LogP contribution is 2.35. The lowest BCUT2D eigenvalue weighted by molar-refractivity contribution is 0.0997. The van der Waals surface area contributed by atoms with Gasteiger partial charge in [-0.2, -0.15) is 0 Å². The molecule has 0 aliphatic rings. The van der Waals surface area contributed by atoms with Gasteiger partial charge in [0.2, 0.25) is 0 Å². The number of Topliss-reactive ketones (excluding diaryl/α,β-unsaturated/α-hetero) is 1. The number of pyridine rings is 1. The molecule has 134 valence electrons. The van der Waals surface area contributed by atoms with Crippen molar-refractivity contribution in [3.63, 3.8) is 0 Å². The number of ketones is 1. The number of benzene rings is 2. The molecule has 0 amide bonds. The molecule has 27 heavy (non-hydrogen) atoms. The van der Waals surface area contributed by atoms with Crippen molar-refractivity contribution in [3.05, 3.63) is 80.6 Å². The zero-order valence-electron chi connectivity index (χ0n) is 14.1. The number of hydrogen-bond acceptors (Lipinski definition) is 4. The van der Waals surface area contributed by atoms with E-state index in [-0.39, 0.29) is 5.78 Å². The van der Waals surface area contributed by atoms with Crippen LogP contribution in [0.4, 0.5) is 5.69 Å². The summed E-state index contributed by atoms with van der Waals surface area (Å²) in [5.41, 5.74) is 9.51. The van der Waals surface area contributed by atoms with Crippen LogP contribution in [0, 0.1) is 0 Å². The Bertz CT molecular complexity index is 1140. The van der Waals surface area contributed by atoms with Crippen molar-refractivity contribution in [1.29, 1.82) is 0 Å². The molecule has 0 spiro atoms. The minimum atomic E-state index is 0.00543. The van der Waals surface area contributed by atoms with Gasteiger partial charge in [-0.25, -0.2) is 4.98 Å². The molecule has 0 atom stereocenters. The van der Waals surface area contributed by atoms with Gasteiger partial charge in [-0.3, -0.25) is 4.79 Å². The second kappa shape index (κ2) is 7.43. The van der Waals surface area contributed by atoms with E-state index >= 15 is 0 Å². The Balaban J connectivity index is 1.67. The maximum atomic E-state index is 12.8. The number of anilines is 1. The molecule has 2 aromatic heterocycles. The largest absolute Gasteiger partial charge is 0.397 e. The van der Waals surface area contributed by atoms with Crippen LogP contribution in [-0.2, 0) is 6.42 Å². The standard InChI is InChI=1S/C21H14BrClN2OS/c22-14-5-1-12(2-6-14)11-18(26)20-19(24)16-9-10-17(25-21(16)27-20)13-3-7-15(23)8-4-13/h1-10H,11,24H2. The number of carbonyl (C=O) groups excluding carboxylic acids is 1. The summed E-state index contributed by atoms with van der Waals surface area (Å²) in [6.45, 7) is 0. The van der Waals surface area contributed by atoms with Crippen LogP contribution in [0.15, 0.2) is 65.1 Å². The first-order chi connectivity index (χ1) is 13.0. The average Bonchev–Trinajstić information content (AvgIpc) is 3.00. The number of nitrogen functional groups attached to an aromatic ring is 1. The third kappa shape index (κ3) is 3.76. The minimum absolute atomic E-state index is 0.00543. The van der Waals surface area contributed by atoms with E-state index in [4.69, 9.17) is 22.3 Å². The quantitative estimate of drug-likeness (QED) is 0.361. The molecule has 2 heterocycles. The van der Waals surface area contributed by atoms with Crippen molar-refractivity contribution in [1.82, 2.24) is 4.98 Å². The normalized spacial score (nSPS) is 11.0. The van der Waals surface area contributed by atoms with E-state index in [2.05, 4.69) is 15.9 Å². The molecule has 2 N–H and O–H groups in total. The Kier molecular flexibility index (Phi) is 5.00. The summed E-state index contributed by atoms with van der Waals surface area (Å²) in [5.74, 6) is 0.00543. The molecule has 0 unspecified atom stereocenters. The molecular formula is C21H14BrClN2OS. The van der Waals surface area contributed by atoms with Crippen molar-refractivity contribution in [2.75, 3.05) is 5.73 Å². The van der Waals surface area contributed by atoms with Crippen LogP contribution in [0.5, 0.6) is 0 Å². The third-order valence-electron chi connectivity index (χ3n) is 4.26. The zero-order valence-corrected chi connectivity index (χ0v) is 17.2. The van der Waals surface area contributed by atoms with Crippen molar-refractivity contribution in [2.24, 2.45) is 0 Å². The molecule has 0 radical (unpaired) electrons. The lowest BCUT2D eigenvalue weighted by atomic mass is 10.1. The molecule has 4 rings (SSSR count). The maximum Gasteiger partial charge on any atom is 0.179 e. The van der Waals surface area contributed by atoms with Gasteiger partial charge in [0.05, 0.1) is 16.3 Å². The Morgan fingerprint density at radius 2 is 1.74 bits per heavy atom. The van der Waals surface area contributed by atoms with Crippen LogP contribution in [0.1, 0.15) is 15.2 Å². The lowest BCUT2D eigenvalue weighted by Gasteiger charge is -2.01. The smallest absolute Gasteiger partial charge is 0.179 e. The van der Waals surface area contributed by atoms with Gasteiger partial charge in [0.25, 0.3) is 0 Å². The van der Waals surface area contributed by atoms with E-state index in [1.165, 1.54) is 11.3 Å². The Hall–Kier alpha value is -2.21. The van der Waals surface area contributed by atoms with Gasteiger partial charge in [0.1, 0.15) is 4.83 Å². The van der Waals surface area contributed by atoms with Crippen LogP contribution >= 0.6 is 38.9 Å². The zero-order chi connectivity index (χ0) is 19.0. The number of nitrogens with two attached hydrogens (primary N) is 1. The van der Waals surface area contributed by atoms with Gasteiger partial charge in [0, 0.05) is 26.9 Å². The van der Waals surface area contributed by atoms with E-state index in [0.29, 0.717) is 22.0 Å². The van der Waals surface area contributed by atoms with E-state index in [9.17, 15) is 4.79 Å². The van der Waals surface area contributed by atoms with Crippen molar-refractivity contribution in [3.8, 4) is 11.3 Å². The summed E-state index contributed by atoms with van der Waals surface area (Å²) in [5, 5.41) is 1.50. The Labute approximate surface area is 173 Å². The number of aromatic nitrogens is 1. The summed E-state index contributed by atoms with van der Waals surface area (Å²) in [6.07, 6.45) is 0.314. The third-order valence-corrected chi connectivity index (χ3v) is 6.20. The highest BCUT2D eigenvalue weighted by molar-refractivity contribution is 9.10. The van der Waals surface area contributed by atoms with E-state index in [1.54, 1.807) is 0 Å². The highest BCUT2D eigenvalue weighted by atomic mass is 79.9. The van der Waals surface area contributed by atoms with E-state index in [0.717, 1.165) is 31.5 Å². The van der Waals surface area contributed by atoms with E-state index < -0.39 is 0 Å². The second-order valence-corrected chi connectivity index (χ2v) is 8.48. The number of carbonyl (C=O) groups is 1. The molecule has 0 aliphatic heterocycles. The van der Waals surface area contributed by atoms with Gasteiger partial charge in [0.15, 0.2) is 5.78 Å². The van der Waals surface area contributed by atoms with Crippen LogP contribution in [0.25, 0.3) is 21.5 Å². The Morgan fingerprint density at radius 3 is 2.44 bits per heavy atom. The molecule has 3 nitrogen and oxygen atoms in total. The van der Waals surface area contributed by atoms with Crippen molar-refractivity contribution in [2.45, 2.75) is 6.42 Å². The molecule has 6 heteroatoms. The number of thiophene rings is 1. The van der Waals surface area contributed by atoms with Crippen molar-refractivity contribution >= 4 is 60.6 Å². The molecule has 2 aromatic carbocycles. The summed E-state index contributed by atoms with van der Waals surface area (Å²) in [7, 11) is 0. The molecule has 4 aromatic rings. The van der Waals surface area contributed by atoms with Gasteiger partial charge in [-0.05, 0) is 42.0 Å². The van der Waals surface area contributed by atoms with Crippen molar-refractivity contribution < 1.29 is 4.79 Å². The predicted molar refractivity (Wildman–Crippen MR) is 117 cm³/mol. The summed E-state index contributed by atoms with van der Waals surface area (Å²) < 4.78 is 0.985. The highest BCUT2D eigenvalue weighted by Gasteiger charge is 2.18. The minimum Gasteiger partial charge on any atom is -0.397 e. The second-order valence-electron chi connectivity index (χ2n) is 6.13. The average molecular weight is 458 g/mol. The molecule has 0 aliphatic carbocycles. The predicted octanol–water partition coefficient (Wildman–Crippen LogP) is 6.39. The first kappa shape index (κ1) is 18.2. The van der Waals surface area contributed by atoms with Gasteiger partial charge in [-0.1, -0.05) is 51.8 Å². The fourth-order valence-electron chi connectivity index (χ4n) is 2.85. The Morgan fingerprint density at radius 1 is 1.04 bits per heavy atom. The van der Waals surface area contributed by atoms with Gasteiger partial charge in [-0.15, -0.1) is 11.3 Å². The summed E-state index contributed by atoms with van der Waals surface area (Å²) in [6, 6.07) is 19.1. The number of hydrogen-bond donors (Lipinski definition) is 1. The molecule has 0 saturated heterocycles. The SMILES string of the molecule is Nc1c(C(=O)Cc2ccc(Br)cc2)sc2nc(-c3ccc(Cl)cc3)ccc12. The van der Waals surface area contributed by atoms with E-state index in [1.807, 2.05) is 60.7 Å². The first-order valence-corrected chi connectivity index (χ1v) is 10.2. The molecule has 0 bridgehead atoms. The fraction of sp³-hybridized carbons (Fsp3) is 0.0476.